The molecule has 0 N–H and O–H groups in total. The third-order valence-electron chi connectivity index (χ3n) is 3.09. The molecule has 0 bridgehead atoms. The number of hydrogen-bond acceptors (Lipinski definition) is 3. The van der Waals surface area contributed by atoms with Gasteiger partial charge in [0.2, 0.25) is 0 Å². The lowest BCUT2D eigenvalue weighted by Crippen LogP contribution is -2.03. The topological polar surface area (TPSA) is 43.4 Å². The Morgan fingerprint density at radius 3 is 1.47 bits per heavy atom. The molecule has 0 amide bonds. The van der Waals surface area contributed by atoms with Crippen LogP contribution in [0.3, 0.4) is 0 Å². The van der Waals surface area contributed by atoms with Crippen LogP contribution in [0.4, 0.5) is 0 Å². The minimum atomic E-state index is -0.526. The van der Waals surface area contributed by atoms with Gasteiger partial charge in [0.15, 0.2) is 0 Å². The number of carbonyl (C=O) groups excluding carboxylic acids is 2. The Labute approximate surface area is 101 Å². The van der Waals surface area contributed by atoms with Crippen LogP contribution in [-0.4, -0.2) is 11.9 Å². The second kappa shape index (κ2) is 3.99. The lowest BCUT2D eigenvalue weighted by molar-refractivity contribution is 0.0444. The quantitative estimate of drug-likeness (QED) is 0.580. The summed E-state index contributed by atoms with van der Waals surface area (Å²) in [6.07, 6.45) is 0. The van der Waals surface area contributed by atoms with Crippen molar-refractivity contribution < 1.29 is 14.3 Å². The molecule has 0 saturated heterocycles. The van der Waals surface area contributed by atoms with Crippen LogP contribution < -0.4 is 0 Å². The first-order valence-electron chi connectivity index (χ1n) is 5.86. The van der Waals surface area contributed by atoms with Crippen LogP contribution in [0.1, 0.15) is 71.4 Å². The van der Waals surface area contributed by atoms with E-state index in [1.165, 1.54) is 0 Å². The summed E-state index contributed by atoms with van der Waals surface area (Å²) in [7, 11) is 0. The highest BCUT2D eigenvalue weighted by Crippen LogP contribution is 2.32. The van der Waals surface area contributed by atoms with Crippen molar-refractivity contribution in [3.8, 4) is 0 Å². The van der Waals surface area contributed by atoms with Crippen molar-refractivity contribution in [2.75, 3.05) is 0 Å². The SMILES string of the molecule is CC(C)c1cc2c(cc1C(C)C)C(=O)OC2=O. The van der Waals surface area contributed by atoms with Crippen molar-refractivity contribution in [3.05, 3.63) is 34.4 Å². The van der Waals surface area contributed by atoms with Gasteiger partial charge in [0.1, 0.15) is 0 Å². The van der Waals surface area contributed by atoms with Crippen LogP contribution >= 0.6 is 0 Å². The maximum atomic E-state index is 11.5. The average Bonchev–Trinajstić information content (AvgIpc) is 2.52. The van der Waals surface area contributed by atoms with Gasteiger partial charge in [-0.25, -0.2) is 9.59 Å². The van der Waals surface area contributed by atoms with E-state index in [1.54, 1.807) is 0 Å². The van der Waals surface area contributed by atoms with Crippen molar-refractivity contribution in [2.45, 2.75) is 39.5 Å². The number of ether oxygens (including phenoxy) is 1. The third-order valence-corrected chi connectivity index (χ3v) is 3.09. The van der Waals surface area contributed by atoms with Gasteiger partial charge >= 0.3 is 11.9 Å². The molecule has 0 unspecified atom stereocenters. The minimum absolute atomic E-state index is 0.321. The molecule has 17 heavy (non-hydrogen) atoms. The predicted octanol–water partition coefficient (Wildman–Crippen LogP) is 3.24. The number of hydrogen-bond donors (Lipinski definition) is 0. The van der Waals surface area contributed by atoms with Crippen LogP contribution in [0, 0.1) is 0 Å². The number of fused-ring (bicyclic) bond motifs is 1. The molecule has 0 saturated carbocycles. The van der Waals surface area contributed by atoms with Crippen LogP contribution in [-0.2, 0) is 4.74 Å². The molecule has 0 radical (unpaired) electrons. The summed E-state index contributed by atoms with van der Waals surface area (Å²) in [5.41, 5.74) is 3.04. The molecule has 0 spiro atoms. The van der Waals surface area contributed by atoms with Gasteiger partial charge in [-0.05, 0) is 35.1 Å². The Bertz CT molecular complexity index is 453. The van der Waals surface area contributed by atoms with E-state index >= 15 is 0 Å². The van der Waals surface area contributed by atoms with Gasteiger partial charge in [-0.2, -0.15) is 0 Å². The summed E-state index contributed by atoms with van der Waals surface area (Å²) >= 11 is 0. The van der Waals surface area contributed by atoms with E-state index in [1.807, 2.05) is 12.1 Å². The van der Waals surface area contributed by atoms with E-state index in [2.05, 4.69) is 32.4 Å². The fourth-order valence-electron chi connectivity index (χ4n) is 2.17. The zero-order valence-corrected chi connectivity index (χ0v) is 10.5. The lowest BCUT2D eigenvalue weighted by atomic mass is 9.87. The molecule has 1 aliphatic heterocycles. The molecule has 1 heterocycles. The molecule has 2 rings (SSSR count). The number of benzene rings is 1. The van der Waals surface area contributed by atoms with Crippen LogP contribution in [0.25, 0.3) is 0 Å². The van der Waals surface area contributed by atoms with Gasteiger partial charge in [-0.15, -0.1) is 0 Å². The fourth-order valence-corrected chi connectivity index (χ4v) is 2.17. The zero-order chi connectivity index (χ0) is 12.7. The fraction of sp³-hybridized carbons (Fsp3) is 0.429. The highest BCUT2D eigenvalue weighted by molar-refractivity contribution is 6.14. The van der Waals surface area contributed by atoms with E-state index in [9.17, 15) is 9.59 Å². The van der Waals surface area contributed by atoms with Crippen molar-refractivity contribution in [2.24, 2.45) is 0 Å². The molecule has 0 aromatic heterocycles. The number of cyclic esters (lactones) is 2. The van der Waals surface area contributed by atoms with Crippen molar-refractivity contribution in [3.63, 3.8) is 0 Å². The Morgan fingerprint density at radius 1 is 0.824 bits per heavy atom. The molecular weight excluding hydrogens is 216 g/mol. The smallest absolute Gasteiger partial charge is 0.346 e. The molecule has 90 valence electrons. The summed E-state index contributed by atoms with van der Waals surface area (Å²) in [5, 5.41) is 0. The first-order valence-corrected chi connectivity index (χ1v) is 5.86. The summed E-state index contributed by atoms with van der Waals surface area (Å²) in [4.78, 5) is 23.0. The summed E-state index contributed by atoms with van der Waals surface area (Å²) in [6, 6.07) is 3.62. The van der Waals surface area contributed by atoms with E-state index in [4.69, 9.17) is 0 Å². The number of rotatable bonds is 2. The Morgan fingerprint density at radius 2 is 1.18 bits per heavy atom. The Kier molecular flexibility index (Phi) is 2.77. The van der Waals surface area contributed by atoms with Gasteiger partial charge in [-0.1, -0.05) is 27.7 Å². The first-order chi connectivity index (χ1) is 7.91. The molecule has 3 heteroatoms. The van der Waals surface area contributed by atoms with Crippen molar-refractivity contribution in [1.29, 1.82) is 0 Å². The second-order valence-corrected chi connectivity index (χ2v) is 5.01. The summed E-state index contributed by atoms with van der Waals surface area (Å²) in [6.45, 7) is 8.32. The lowest BCUT2D eigenvalue weighted by Gasteiger charge is -2.16. The molecule has 1 aromatic rings. The molecule has 1 aliphatic rings. The summed E-state index contributed by atoms with van der Waals surface area (Å²) < 4.78 is 4.62. The molecular formula is C14H16O3. The Hall–Kier alpha value is -1.64. The largest absolute Gasteiger partial charge is 0.386 e. The number of esters is 2. The molecule has 0 atom stereocenters. The third kappa shape index (κ3) is 1.86. The highest BCUT2D eigenvalue weighted by Gasteiger charge is 2.31. The minimum Gasteiger partial charge on any atom is -0.386 e. The molecule has 3 nitrogen and oxygen atoms in total. The van der Waals surface area contributed by atoms with Crippen molar-refractivity contribution >= 4 is 11.9 Å². The first kappa shape index (κ1) is 11.8. The van der Waals surface area contributed by atoms with E-state index < -0.39 is 11.9 Å². The molecule has 1 aromatic carbocycles. The molecule has 0 aliphatic carbocycles. The van der Waals surface area contributed by atoms with E-state index in [-0.39, 0.29) is 0 Å². The van der Waals surface area contributed by atoms with E-state index in [0.29, 0.717) is 23.0 Å². The maximum Gasteiger partial charge on any atom is 0.346 e. The second-order valence-electron chi connectivity index (χ2n) is 5.01. The van der Waals surface area contributed by atoms with Crippen molar-refractivity contribution in [1.82, 2.24) is 0 Å². The number of carbonyl (C=O) groups is 2. The maximum absolute atomic E-state index is 11.5. The highest BCUT2D eigenvalue weighted by atomic mass is 16.6. The Balaban J connectivity index is 2.67. The van der Waals surface area contributed by atoms with Crippen LogP contribution in [0.15, 0.2) is 12.1 Å². The average molecular weight is 232 g/mol. The van der Waals surface area contributed by atoms with E-state index in [0.717, 1.165) is 11.1 Å². The van der Waals surface area contributed by atoms with Gasteiger partial charge in [0.25, 0.3) is 0 Å². The predicted molar refractivity (Wildman–Crippen MR) is 64.4 cm³/mol. The monoisotopic (exact) mass is 232 g/mol. The van der Waals surface area contributed by atoms with Gasteiger partial charge in [-0.3, -0.25) is 0 Å². The zero-order valence-electron chi connectivity index (χ0n) is 10.5. The van der Waals surface area contributed by atoms with Crippen LogP contribution in [0.5, 0.6) is 0 Å². The molecule has 0 fully saturated rings. The van der Waals surface area contributed by atoms with Gasteiger partial charge < -0.3 is 4.74 Å². The summed E-state index contributed by atoms with van der Waals surface area (Å²) in [5.74, 6) is -0.410. The standard InChI is InChI=1S/C14H16O3/c1-7(2)9-5-11-12(6-10(9)8(3)4)14(16)17-13(11)15/h5-8H,1-4H3. The van der Waals surface area contributed by atoms with Crippen LogP contribution in [0.2, 0.25) is 0 Å². The van der Waals surface area contributed by atoms with Gasteiger partial charge in [0, 0.05) is 0 Å². The normalized spacial score (nSPS) is 14.5. The van der Waals surface area contributed by atoms with Gasteiger partial charge in [0.05, 0.1) is 11.1 Å².